The Morgan fingerprint density at radius 3 is 2.45 bits per heavy atom. The fourth-order valence-electron chi connectivity index (χ4n) is 3.39. The van der Waals surface area contributed by atoms with Crippen molar-refractivity contribution in [3.05, 3.63) is 60.2 Å². The van der Waals surface area contributed by atoms with Crippen LogP contribution in [0.1, 0.15) is 25.3 Å². The predicted octanol–water partition coefficient (Wildman–Crippen LogP) is 2.91. The van der Waals surface area contributed by atoms with Crippen LogP contribution in [0.3, 0.4) is 0 Å². The number of hydrogen-bond acceptors (Lipinski definition) is 5. The van der Waals surface area contributed by atoms with E-state index >= 15 is 0 Å². The highest BCUT2D eigenvalue weighted by Gasteiger charge is 2.41. The van der Waals surface area contributed by atoms with E-state index in [0.717, 1.165) is 9.87 Å². The van der Waals surface area contributed by atoms with Gasteiger partial charge in [0.25, 0.3) is 0 Å². The van der Waals surface area contributed by atoms with Crippen molar-refractivity contribution in [2.45, 2.75) is 43.4 Å². The molecule has 2 atom stereocenters. The molecule has 156 valence electrons. The molecule has 0 bridgehead atoms. The van der Waals surface area contributed by atoms with Crippen LogP contribution in [0.4, 0.5) is 0 Å². The molecule has 1 heterocycles. The summed E-state index contributed by atoms with van der Waals surface area (Å²) in [4.78, 5) is 11.7. The minimum Gasteiger partial charge on any atom is -0.489 e. The molecule has 29 heavy (non-hydrogen) atoms. The summed E-state index contributed by atoms with van der Waals surface area (Å²) >= 11 is 0. The van der Waals surface area contributed by atoms with Crippen LogP contribution in [0, 0.1) is 0 Å². The van der Waals surface area contributed by atoms with E-state index < -0.39 is 22.0 Å². The number of carbonyl (C=O) groups is 1. The number of carboxylic acids is 1. The third kappa shape index (κ3) is 5.14. The lowest BCUT2D eigenvalue weighted by Crippen LogP contribution is -2.51. The van der Waals surface area contributed by atoms with Crippen LogP contribution in [-0.4, -0.2) is 49.1 Å². The maximum absolute atomic E-state index is 13.0. The van der Waals surface area contributed by atoms with Crippen molar-refractivity contribution in [1.29, 1.82) is 0 Å². The van der Waals surface area contributed by atoms with Gasteiger partial charge in [0, 0.05) is 19.6 Å². The van der Waals surface area contributed by atoms with E-state index in [2.05, 4.69) is 0 Å². The number of ether oxygens (including phenoxy) is 2. The van der Waals surface area contributed by atoms with Crippen LogP contribution in [0.5, 0.6) is 5.75 Å². The second kappa shape index (κ2) is 9.39. The number of hydrogen-bond donors (Lipinski definition) is 1. The predicted molar refractivity (Wildman–Crippen MR) is 107 cm³/mol. The lowest BCUT2D eigenvalue weighted by Gasteiger charge is -2.35. The molecule has 1 fully saturated rings. The van der Waals surface area contributed by atoms with Crippen LogP contribution < -0.4 is 4.74 Å². The molecule has 2 unspecified atom stereocenters. The number of piperidine rings is 1. The van der Waals surface area contributed by atoms with Gasteiger partial charge in [-0.15, -0.1) is 0 Å². The van der Waals surface area contributed by atoms with Crippen molar-refractivity contribution in [2.75, 3.05) is 13.2 Å². The average Bonchev–Trinajstić information content (AvgIpc) is 2.73. The van der Waals surface area contributed by atoms with Gasteiger partial charge in [0.2, 0.25) is 10.0 Å². The Labute approximate surface area is 170 Å². The van der Waals surface area contributed by atoms with Crippen LogP contribution in [0.15, 0.2) is 59.5 Å². The minimum atomic E-state index is -3.94. The van der Waals surface area contributed by atoms with Crippen molar-refractivity contribution in [3.8, 4) is 5.75 Å². The number of benzene rings is 2. The van der Waals surface area contributed by atoms with Gasteiger partial charge in [-0.25, -0.2) is 8.42 Å². The molecule has 0 spiro atoms. The van der Waals surface area contributed by atoms with E-state index in [0.29, 0.717) is 25.4 Å². The SMILES string of the molecule is CCOC1CCN(S(=O)(=O)c2ccc(OCc3ccccc3)cc2)C(C(=O)O)C1. The Kier molecular flexibility index (Phi) is 6.89. The number of rotatable bonds is 8. The number of nitrogens with zero attached hydrogens (tertiary/aromatic N) is 1. The maximum Gasteiger partial charge on any atom is 0.322 e. The van der Waals surface area contributed by atoms with Gasteiger partial charge in [-0.2, -0.15) is 4.31 Å². The third-order valence-corrected chi connectivity index (χ3v) is 6.79. The first-order valence-electron chi connectivity index (χ1n) is 9.55. The highest BCUT2D eigenvalue weighted by atomic mass is 32.2. The Balaban J connectivity index is 1.72. The average molecular weight is 419 g/mol. The highest BCUT2D eigenvalue weighted by molar-refractivity contribution is 7.89. The van der Waals surface area contributed by atoms with E-state index in [1.54, 1.807) is 12.1 Å². The normalized spacial score (nSPS) is 20.3. The molecule has 2 aromatic carbocycles. The molecule has 3 rings (SSSR count). The first-order valence-corrected chi connectivity index (χ1v) is 11.0. The van der Waals surface area contributed by atoms with Crippen molar-refractivity contribution in [2.24, 2.45) is 0 Å². The number of aliphatic carboxylic acids is 1. The number of carboxylic acid groups (broad SMARTS) is 1. The minimum absolute atomic E-state index is 0.0469. The first kappa shape index (κ1) is 21.3. The largest absolute Gasteiger partial charge is 0.489 e. The molecule has 7 nitrogen and oxygen atoms in total. The lowest BCUT2D eigenvalue weighted by molar-refractivity contribution is -0.144. The van der Waals surface area contributed by atoms with E-state index in [1.807, 2.05) is 37.3 Å². The zero-order valence-corrected chi connectivity index (χ0v) is 17.0. The molecule has 1 saturated heterocycles. The van der Waals surface area contributed by atoms with Gasteiger partial charge in [0.1, 0.15) is 18.4 Å². The summed E-state index contributed by atoms with van der Waals surface area (Å²) in [5, 5.41) is 9.55. The molecular weight excluding hydrogens is 394 g/mol. The van der Waals surface area contributed by atoms with Gasteiger partial charge in [-0.1, -0.05) is 30.3 Å². The molecule has 1 N–H and O–H groups in total. The summed E-state index contributed by atoms with van der Waals surface area (Å²) in [6.45, 7) is 2.78. The molecular formula is C21H25NO6S. The van der Waals surface area contributed by atoms with E-state index in [-0.39, 0.29) is 24.0 Å². The highest BCUT2D eigenvalue weighted by Crippen LogP contribution is 2.28. The van der Waals surface area contributed by atoms with E-state index in [9.17, 15) is 18.3 Å². The summed E-state index contributed by atoms with van der Waals surface area (Å²) in [5.74, 6) is -0.626. The Morgan fingerprint density at radius 1 is 1.14 bits per heavy atom. The van der Waals surface area contributed by atoms with Crippen LogP contribution >= 0.6 is 0 Å². The molecule has 1 aliphatic heterocycles. The van der Waals surface area contributed by atoms with Gasteiger partial charge in [-0.3, -0.25) is 4.79 Å². The van der Waals surface area contributed by atoms with Crippen molar-refractivity contribution < 1.29 is 27.8 Å². The Bertz CT molecular complexity index is 914. The van der Waals surface area contributed by atoms with Crippen LogP contribution in [0.2, 0.25) is 0 Å². The molecule has 1 aliphatic rings. The van der Waals surface area contributed by atoms with Crippen molar-refractivity contribution in [1.82, 2.24) is 4.31 Å². The molecule has 0 radical (unpaired) electrons. The summed E-state index contributed by atoms with van der Waals surface area (Å²) < 4.78 is 38.3. The number of sulfonamides is 1. The van der Waals surface area contributed by atoms with Gasteiger partial charge in [0.15, 0.2) is 0 Å². The molecule has 0 aromatic heterocycles. The second-order valence-corrected chi connectivity index (χ2v) is 8.71. The van der Waals surface area contributed by atoms with Crippen molar-refractivity contribution >= 4 is 16.0 Å². The zero-order chi connectivity index (χ0) is 20.9. The van der Waals surface area contributed by atoms with E-state index in [1.165, 1.54) is 12.1 Å². The summed E-state index contributed by atoms with van der Waals surface area (Å²) in [6, 6.07) is 14.6. The third-order valence-electron chi connectivity index (χ3n) is 4.87. The fourth-order valence-corrected chi connectivity index (χ4v) is 5.00. The summed E-state index contributed by atoms with van der Waals surface area (Å²) in [5.41, 5.74) is 1.01. The van der Waals surface area contributed by atoms with Gasteiger partial charge in [0.05, 0.1) is 11.0 Å². The maximum atomic E-state index is 13.0. The molecule has 2 aromatic rings. The van der Waals surface area contributed by atoms with Crippen molar-refractivity contribution in [3.63, 3.8) is 0 Å². The lowest BCUT2D eigenvalue weighted by atomic mass is 10.0. The molecule has 0 saturated carbocycles. The quantitative estimate of drug-likeness (QED) is 0.707. The monoisotopic (exact) mass is 419 g/mol. The summed E-state index contributed by atoms with van der Waals surface area (Å²) in [7, 11) is -3.94. The fraction of sp³-hybridized carbons (Fsp3) is 0.381. The Hall–Kier alpha value is -2.42. The van der Waals surface area contributed by atoms with E-state index in [4.69, 9.17) is 9.47 Å². The second-order valence-electron chi connectivity index (χ2n) is 6.82. The Morgan fingerprint density at radius 2 is 1.83 bits per heavy atom. The van der Waals surface area contributed by atoms with Crippen LogP contribution in [0.25, 0.3) is 0 Å². The van der Waals surface area contributed by atoms with Crippen LogP contribution in [-0.2, 0) is 26.2 Å². The first-order chi connectivity index (χ1) is 13.9. The topological polar surface area (TPSA) is 93.1 Å². The standard InChI is InChI=1S/C21H25NO6S/c1-2-27-18-12-13-22(20(14-18)21(23)24)29(25,26)19-10-8-17(9-11-19)28-15-16-6-4-3-5-7-16/h3-11,18,20H,2,12-15H2,1H3,(H,23,24). The smallest absolute Gasteiger partial charge is 0.322 e. The van der Waals surface area contributed by atoms with Gasteiger partial charge >= 0.3 is 5.97 Å². The molecule has 0 aliphatic carbocycles. The zero-order valence-electron chi connectivity index (χ0n) is 16.2. The van der Waals surface area contributed by atoms with Gasteiger partial charge < -0.3 is 14.6 Å². The summed E-state index contributed by atoms with van der Waals surface area (Å²) in [6.07, 6.45) is 0.358. The van der Waals surface area contributed by atoms with Gasteiger partial charge in [-0.05, 0) is 43.2 Å². The molecule has 8 heteroatoms. The molecule has 0 amide bonds.